The first-order valence-electron chi connectivity index (χ1n) is 8.34. The second-order valence-corrected chi connectivity index (χ2v) is 5.92. The maximum Gasteiger partial charge on any atom is 0.407 e. The quantitative estimate of drug-likeness (QED) is 0.862. The number of benzene rings is 1. The third kappa shape index (κ3) is 3.81. The van der Waals surface area contributed by atoms with Crippen molar-refractivity contribution < 1.29 is 18.7 Å². The molecule has 7 nitrogen and oxygen atoms in total. The van der Waals surface area contributed by atoms with Gasteiger partial charge in [-0.3, -0.25) is 4.79 Å². The summed E-state index contributed by atoms with van der Waals surface area (Å²) in [7, 11) is 0. The number of carbonyl (C=O) groups excluding carboxylic acids is 2. The summed E-state index contributed by atoms with van der Waals surface area (Å²) in [4.78, 5) is 37.8. The van der Waals surface area contributed by atoms with Crippen molar-refractivity contribution in [3.8, 4) is 0 Å². The van der Waals surface area contributed by atoms with Crippen LogP contribution in [0, 0.1) is 0 Å². The summed E-state index contributed by atoms with van der Waals surface area (Å²) in [6.45, 7) is 2.99. The van der Waals surface area contributed by atoms with Crippen molar-refractivity contribution in [2.75, 3.05) is 19.7 Å². The van der Waals surface area contributed by atoms with Crippen molar-refractivity contribution in [2.24, 2.45) is 0 Å². The molecule has 0 saturated carbocycles. The Kier molecular flexibility index (Phi) is 5.02. The first-order chi connectivity index (χ1) is 12.1. The summed E-state index contributed by atoms with van der Waals surface area (Å²) in [5.41, 5.74) is -0.132. The summed E-state index contributed by atoms with van der Waals surface area (Å²) < 4.78 is 10.1. The van der Waals surface area contributed by atoms with Gasteiger partial charge in [0, 0.05) is 24.5 Å². The van der Waals surface area contributed by atoms with Crippen molar-refractivity contribution >= 4 is 23.0 Å². The zero-order valence-electron chi connectivity index (χ0n) is 14.0. The average molecular weight is 344 g/mol. The van der Waals surface area contributed by atoms with Crippen LogP contribution >= 0.6 is 0 Å². The van der Waals surface area contributed by atoms with Gasteiger partial charge in [-0.2, -0.15) is 0 Å². The highest BCUT2D eigenvalue weighted by atomic mass is 16.5. The minimum atomic E-state index is -0.629. The lowest BCUT2D eigenvalue weighted by molar-refractivity contribution is 0.0698. The molecule has 1 fully saturated rings. The van der Waals surface area contributed by atoms with Gasteiger partial charge in [0.05, 0.1) is 6.61 Å². The molecule has 0 bridgehead atoms. The normalized spacial score (nSPS) is 15.2. The van der Waals surface area contributed by atoms with Gasteiger partial charge >= 0.3 is 11.7 Å². The number of nitrogens with one attached hydrogen (secondary N) is 1. The largest absolute Gasteiger partial charge is 0.450 e. The van der Waals surface area contributed by atoms with E-state index in [4.69, 9.17) is 9.15 Å². The Bertz CT molecular complexity index is 837. The van der Waals surface area contributed by atoms with Gasteiger partial charge in [0.1, 0.15) is 11.1 Å². The third-order valence-electron chi connectivity index (χ3n) is 4.25. The van der Waals surface area contributed by atoms with E-state index in [1.54, 1.807) is 36.1 Å². The predicted octanol–water partition coefficient (Wildman–Crippen LogP) is 2.14. The molecule has 0 aliphatic carbocycles. The van der Waals surface area contributed by atoms with Gasteiger partial charge in [0.2, 0.25) is 0 Å². The van der Waals surface area contributed by atoms with Crippen LogP contribution in [0.1, 0.15) is 30.1 Å². The van der Waals surface area contributed by atoms with Crippen molar-refractivity contribution in [1.82, 2.24) is 10.2 Å². The third-order valence-corrected chi connectivity index (χ3v) is 4.25. The van der Waals surface area contributed by atoms with Crippen LogP contribution in [0.25, 0.3) is 11.0 Å². The lowest BCUT2D eigenvalue weighted by Gasteiger charge is -2.32. The molecule has 1 saturated heterocycles. The van der Waals surface area contributed by atoms with Crippen molar-refractivity contribution in [3.63, 3.8) is 0 Å². The van der Waals surface area contributed by atoms with E-state index in [9.17, 15) is 14.4 Å². The molecule has 0 atom stereocenters. The lowest BCUT2D eigenvalue weighted by Crippen LogP contribution is -2.47. The van der Waals surface area contributed by atoms with Crippen LogP contribution in [0.15, 0.2) is 39.5 Å². The molecule has 7 heteroatoms. The second kappa shape index (κ2) is 7.38. The molecule has 1 aliphatic rings. The molecule has 3 rings (SSSR count). The number of nitrogens with zero attached hydrogens (tertiary/aromatic N) is 1. The number of rotatable bonds is 3. The monoisotopic (exact) mass is 344 g/mol. The Morgan fingerprint density at radius 3 is 2.72 bits per heavy atom. The molecule has 0 spiro atoms. The van der Waals surface area contributed by atoms with Crippen LogP contribution in [0.5, 0.6) is 0 Å². The predicted molar refractivity (Wildman–Crippen MR) is 91.6 cm³/mol. The van der Waals surface area contributed by atoms with Gasteiger partial charge in [-0.15, -0.1) is 0 Å². The smallest absolute Gasteiger partial charge is 0.407 e. The fourth-order valence-corrected chi connectivity index (χ4v) is 2.95. The molecule has 1 aromatic carbocycles. The molecule has 132 valence electrons. The van der Waals surface area contributed by atoms with E-state index in [-0.39, 0.29) is 17.5 Å². The summed E-state index contributed by atoms with van der Waals surface area (Å²) in [5.74, 6) is -0.339. The Balaban J connectivity index is 1.68. The second-order valence-electron chi connectivity index (χ2n) is 5.92. The Hall–Kier alpha value is -2.83. The van der Waals surface area contributed by atoms with E-state index < -0.39 is 11.7 Å². The lowest BCUT2D eigenvalue weighted by atomic mass is 10.0. The number of para-hydroxylation sites is 1. The van der Waals surface area contributed by atoms with E-state index in [1.807, 2.05) is 6.07 Å². The van der Waals surface area contributed by atoms with E-state index in [2.05, 4.69) is 5.32 Å². The molecule has 1 N–H and O–H groups in total. The van der Waals surface area contributed by atoms with Crippen molar-refractivity contribution in [1.29, 1.82) is 0 Å². The van der Waals surface area contributed by atoms with Crippen molar-refractivity contribution in [3.05, 3.63) is 46.3 Å². The minimum Gasteiger partial charge on any atom is -0.450 e. The summed E-state index contributed by atoms with van der Waals surface area (Å²) in [6, 6.07) is 8.63. The van der Waals surface area contributed by atoms with E-state index in [1.165, 1.54) is 0 Å². The van der Waals surface area contributed by atoms with Crippen LogP contribution in [0.4, 0.5) is 4.79 Å². The zero-order chi connectivity index (χ0) is 17.8. The van der Waals surface area contributed by atoms with Gasteiger partial charge in [-0.05, 0) is 31.9 Å². The number of alkyl carbamates (subject to hydrolysis) is 1. The van der Waals surface area contributed by atoms with E-state index >= 15 is 0 Å². The van der Waals surface area contributed by atoms with Crippen LogP contribution < -0.4 is 10.9 Å². The van der Waals surface area contributed by atoms with Crippen LogP contribution in [0.2, 0.25) is 0 Å². The van der Waals surface area contributed by atoms with Crippen LogP contribution in [0.3, 0.4) is 0 Å². The van der Waals surface area contributed by atoms with Crippen molar-refractivity contribution in [2.45, 2.75) is 25.8 Å². The highest BCUT2D eigenvalue weighted by molar-refractivity contribution is 5.96. The Labute approximate surface area is 144 Å². The van der Waals surface area contributed by atoms with Gasteiger partial charge in [-0.1, -0.05) is 18.2 Å². The number of piperidine rings is 1. The minimum absolute atomic E-state index is 0.0314. The van der Waals surface area contributed by atoms with Gasteiger partial charge < -0.3 is 19.4 Å². The molecule has 0 unspecified atom stereocenters. The fraction of sp³-hybridized carbons (Fsp3) is 0.389. The number of amides is 2. The number of hydrogen-bond donors (Lipinski definition) is 1. The van der Waals surface area contributed by atoms with Crippen LogP contribution in [-0.4, -0.2) is 42.6 Å². The SMILES string of the molecule is CCOC(=O)NC1CCN(C(=O)c2cc3ccccc3oc2=O)CC1. The molecular weight excluding hydrogens is 324 g/mol. The number of ether oxygens (including phenoxy) is 1. The molecular formula is C18H20N2O5. The van der Waals surface area contributed by atoms with E-state index in [0.29, 0.717) is 43.5 Å². The average Bonchev–Trinajstić information content (AvgIpc) is 2.61. The number of fused-ring (bicyclic) bond motifs is 1. The fourth-order valence-electron chi connectivity index (χ4n) is 2.95. The standard InChI is InChI=1S/C18H20N2O5/c1-2-24-18(23)19-13-7-9-20(10-8-13)16(21)14-11-12-5-3-4-6-15(12)25-17(14)22/h3-6,11,13H,2,7-10H2,1H3,(H,19,23). The molecule has 1 aromatic heterocycles. The zero-order valence-corrected chi connectivity index (χ0v) is 14.0. The number of likely N-dealkylation sites (tertiary alicyclic amines) is 1. The Morgan fingerprint density at radius 1 is 1.28 bits per heavy atom. The number of carbonyl (C=O) groups is 2. The maximum absolute atomic E-state index is 12.6. The maximum atomic E-state index is 12.6. The molecule has 1 aliphatic heterocycles. The topological polar surface area (TPSA) is 88.8 Å². The van der Waals surface area contributed by atoms with Gasteiger partial charge in [-0.25, -0.2) is 9.59 Å². The summed E-state index contributed by atoms with van der Waals surface area (Å²) in [6.07, 6.45) is 0.787. The molecule has 0 radical (unpaired) electrons. The molecule has 25 heavy (non-hydrogen) atoms. The molecule has 2 heterocycles. The highest BCUT2D eigenvalue weighted by Crippen LogP contribution is 2.16. The molecule has 2 aromatic rings. The first-order valence-corrected chi connectivity index (χ1v) is 8.34. The summed E-state index contributed by atoms with van der Waals surface area (Å²) >= 11 is 0. The van der Waals surface area contributed by atoms with E-state index in [0.717, 1.165) is 0 Å². The van der Waals surface area contributed by atoms with Gasteiger partial charge in [0.15, 0.2) is 0 Å². The summed E-state index contributed by atoms with van der Waals surface area (Å²) in [5, 5.41) is 3.49. The highest BCUT2D eigenvalue weighted by Gasteiger charge is 2.26. The van der Waals surface area contributed by atoms with Gasteiger partial charge in [0.25, 0.3) is 5.91 Å². The molecule has 2 amide bonds. The Morgan fingerprint density at radius 2 is 2.00 bits per heavy atom. The number of hydrogen-bond acceptors (Lipinski definition) is 5. The first kappa shape index (κ1) is 17.0. The van der Waals surface area contributed by atoms with Crippen LogP contribution in [-0.2, 0) is 4.74 Å².